The number of aliphatic hydroxyl groups excluding tert-OH is 1. The van der Waals surface area contributed by atoms with Crippen LogP contribution in [0.15, 0.2) is 18.2 Å². The highest BCUT2D eigenvalue weighted by atomic mass is 35.5. The van der Waals surface area contributed by atoms with Crippen molar-refractivity contribution in [1.29, 1.82) is 0 Å². The second kappa shape index (κ2) is 6.11. The van der Waals surface area contributed by atoms with E-state index >= 15 is 0 Å². The van der Waals surface area contributed by atoms with Gasteiger partial charge in [0.25, 0.3) is 0 Å². The third-order valence-corrected chi connectivity index (χ3v) is 3.54. The van der Waals surface area contributed by atoms with E-state index in [4.69, 9.17) is 16.7 Å². The van der Waals surface area contributed by atoms with Crippen LogP contribution in [-0.4, -0.2) is 46.3 Å². The number of nitrogens with one attached hydrogen (secondary N) is 1. The fourth-order valence-corrected chi connectivity index (χ4v) is 2.36. The molecule has 0 unspecified atom stereocenters. The summed E-state index contributed by atoms with van der Waals surface area (Å²) in [5.41, 5.74) is 0.0423. The SMILES string of the molecule is O=C(O)c1c(Cl)cccc1NC(=O)N1CCC(O)CC1. The minimum absolute atomic E-state index is 0.0735. The molecule has 0 aromatic heterocycles. The molecule has 1 fully saturated rings. The fraction of sp³-hybridized carbons (Fsp3) is 0.385. The van der Waals surface area contributed by atoms with Gasteiger partial charge in [-0.15, -0.1) is 0 Å². The molecule has 1 aromatic carbocycles. The average molecular weight is 299 g/mol. The number of carbonyl (C=O) groups excluding carboxylic acids is 1. The molecule has 1 aliphatic rings. The molecule has 0 aliphatic carbocycles. The van der Waals surface area contributed by atoms with E-state index in [-0.39, 0.29) is 28.4 Å². The van der Waals surface area contributed by atoms with Crippen molar-refractivity contribution >= 4 is 29.3 Å². The van der Waals surface area contributed by atoms with Gasteiger partial charge in [0, 0.05) is 13.1 Å². The average Bonchev–Trinajstić information content (AvgIpc) is 2.39. The molecular weight excluding hydrogens is 284 g/mol. The number of benzene rings is 1. The number of hydrogen-bond acceptors (Lipinski definition) is 3. The molecular formula is C13H15ClN2O4. The topological polar surface area (TPSA) is 89.9 Å². The van der Waals surface area contributed by atoms with Gasteiger partial charge in [0.1, 0.15) is 5.56 Å². The van der Waals surface area contributed by atoms with Crippen LogP contribution >= 0.6 is 11.6 Å². The molecule has 0 spiro atoms. The van der Waals surface area contributed by atoms with E-state index in [0.717, 1.165) is 0 Å². The maximum atomic E-state index is 12.1. The molecule has 7 heteroatoms. The van der Waals surface area contributed by atoms with Gasteiger partial charge in [-0.05, 0) is 25.0 Å². The molecule has 20 heavy (non-hydrogen) atoms. The summed E-state index contributed by atoms with van der Waals surface area (Å²) in [4.78, 5) is 24.8. The summed E-state index contributed by atoms with van der Waals surface area (Å²) in [5, 5.41) is 21.2. The summed E-state index contributed by atoms with van der Waals surface area (Å²) in [7, 11) is 0. The van der Waals surface area contributed by atoms with Crippen molar-refractivity contribution in [1.82, 2.24) is 4.90 Å². The van der Waals surface area contributed by atoms with Gasteiger partial charge in [0.05, 0.1) is 16.8 Å². The number of carboxylic acid groups (broad SMARTS) is 1. The van der Waals surface area contributed by atoms with E-state index in [1.807, 2.05) is 0 Å². The van der Waals surface area contributed by atoms with E-state index in [1.54, 1.807) is 11.0 Å². The molecule has 3 N–H and O–H groups in total. The summed E-state index contributed by atoms with van der Waals surface area (Å²) in [6.45, 7) is 0.881. The molecule has 0 bridgehead atoms. The Labute approximate surface area is 121 Å². The van der Waals surface area contributed by atoms with Gasteiger partial charge < -0.3 is 20.4 Å². The fourth-order valence-electron chi connectivity index (χ4n) is 2.11. The molecule has 0 radical (unpaired) electrons. The third kappa shape index (κ3) is 3.20. The maximum Gasteiger partial charge on any atom is 0.339 e. The van der Waals surface area contributed by atoms with Crippen molar-refractivity contribution in [3.8, 4) is 0 Å². The lowest BCUT2D eigenvalue weighted by atomic mass is 10.1. The first-order valence-electron chi connectivity index (χ1n) is 6.25. The summed E-state index contributed by atoms with van der Waals surface area (Å²) in [6.07, 6.45) is 0.670. The van der Waals surface area contributed by atoms with Gasteiger partial charge in [-0.25, -0.2) is 9.59 Å². The molecule has 1 aliphatic heterocycles. The van der Waals surface area contributed by atoms with E-state index in [2.05, 4.69) is 5.32 Å². The first-order chi connectivity index (χ1) is 9.49. The molecule has 0 saturated carbocycles. The van der Waals surface area contributed by atoms with Crippen LogP contribution in [0.3, 0.4) is 0 Å². The molecule has 1 heterocycles. The van der Waals surface area contributed by atoms with Crippen LogP contribution in [0.4, 0.5) is 10.5 Å². The van der Waals surface area contributed by atoms with E-state index in [9.17, 15) is 14.7 Å². The highest BCUT2D eigenvalue weighted by Gasteiger charge is 2.23. The molecule has 2 rings (SSSR count). The molecule has 6 nitrogen and oxygen atoms in total. The van der Waals surface area contributed by atoms with Gasteiger partial charge in [0.2, 0.25) is 0 Å². The van der Waals surface area contributed by atoms with Crippen LogP contribution in [0.25, 0.3) is 0 Å². The number of piperidine rings is 1. The molecule has 0 atom stereocenters. The molecule has 2 amide bonds. The monoisotopic (exact) mass is 298 g/mol. The van der Waals surface area contributed by atoms with Gasteiger partial charge in [0.15, 0.2) is 0 Å². The summed E-state index contributed by atoms with van der Waals surface area (Å²) < 4.78 is 0. The Balaban J connectivity index is 2.12. The Bertz CT molecular complexity index is 527. The van der Waals surface area contributed by atoms with Gasteiger partial charge in [-0.3, -0.25) is 0 Å². The second-order valence-electron chi connectivity index (χ2n) is 4.62. The van der Waals surface area contributed by atoms with Gasteiger partial charge >= 0.3 is 12.0 Å². The number of amides is 2. The van der Waals surface area contributed by atoms with Gasteiger partial charge in [-0.1, -0.05) is 17.7 Å². The van der Waals surface area contributed by atoms with Crippen LogP contribution in [-0.2, 0) is 0 Å². The highest BCUT2D eigenvalue weighted by molar-refractivity contribution is 6.34. The number of likely N-dealkylation sites (tertiary alicyclic amines) is 1. The first-order valence-corrected chi connectivity index (χ1v) is 6.62. The normalized spacial score (nSPS) is 16.0. The zero-order chi connectivity index (χ0) is 14.7. The number of aliphatic hydroxyl groups is 1. The Morgan fingerprint density at radius 2 is 1.95 bits per heavy atom. The smallest absolute Gasteiger partial charge is 0.339 e. The van der Waals surface area contributed by atoms with Crippen molar-refractivity contribution in [2.24, 2.45) is 0 Å². The van der Waals surface area contributed by atoms with Crippen LogP contribution in [0, 0.1) is 0 Å². The number of halogens is 1. The number of hydrogen-bond donors (Lipinski definition) is 3. The first kappa shape index (κ1) is 14.6. The van der Waals surface area contributed by atoms with E-state index < -0.39 is 5.97 Å². The molecule has 1 aromatic rings. The Kier molecular flexibility index (Phi) is 4.46. The summed E-state index contributed by atoms with van der Waals surface area (Å²) in [5.74, 6) is -1.19. The van der Waals surface area contributed by atoms with Crippen molar-refractivity contribution in [3.05, 3.63) is 28.8 Å². The number of carboxylic acids is 1. The highest BCUT2D eigenvalue weighted by Crippen LogP contribution is 2.25. The lowest BCUT2D eigenvalue weighted by molar-refractivity contribution is 0.0698. The zero-order valence-electron chi connectivity index (χ0n) is 10.7. The predicted molar refractivity (Wildman–Crippen MR) is 74.2 cm³/mol. The van der Waals surface area contributed by atoms with Crippen molar-refractivity contribution in [2.75, 3.05) is 18.4 Å². The van der Waals surface area contributed by atoms with Crippen LogP contribution in [0.2, 0.25) is 5.02 Å². The molecule has 1 saturated heterocycles. The standard InChI is InChI=1S/C13H15ClN2O4/c14-9-2-1-3-10(11(9)12(18)19)15-13(20)16-6-4-8(17)5-7-16/h1-3,8,17H,4-7H2,(H,15,20)(H,18,19). The third-order valence-electron chi connectivity index (χ3n) is 3.22. The minimum Gasteiger partial charge on any atom is -0.478 e. The minimum atomic E-state index is -1.19. The largest absolute Gasteiger partial charge is 0.478 e. The van der Waals surface area contributed by atoms with Crippen molar-refractivity contribution in [2.45, 2.75) is 18.9 Å². The van der Waals surface area contributed by atoms with Crippen LogP contribution in [0.1, 0.15) is 23.2 Å². The summed E-state index contributed by atoms with van der Waals surface area (Å²) in [6, 6.07) is 4.13. The predicted octanol–water partition coefficient (Wildman–Crippen LogP) is 2.03. The van der Waals surface area contributed by atoms with E-state index in [0.29, 0.717) is 25.9 Å². The number of rotatable bonds is 2. The number of aromatic carboxylic acids is 1. The lowest BCUT2D eigenvalue weighted by Gasteiger charge is -2.29. The maximum absolute atomic E-state index is 12.1. The van der Waals surface area contributed by atoms with Crippen LogP contribution < -0.4 is 5.32 Å². The van der Waals surface area contributed by atoms with Crippen LogP contribution in [0.5, 0.6) is 0 Å². The second-order valence-corrected chi connectivity index (χ2v) is 5.02. The summed E-state index contributed by atoms with van der Waals surface area (Å²) >= 11 is 5.83. The van der Waals surface area contributed by atoms with Crippen molar-refractivity contribution < 1.29 is 19.8 Å². The van der Waals surface area contributed by atoms with E-state index in [1.165, 1.54) is 12.1 Å². The molecule has 108 valence electrons. The number of anilines is 1. The Hall–Kier alpha value is -1.79. The number of nitrogens with zero attached hydrogens (tertiary/aromatic N) is 1. The number of urea groups is 1. The Morgan fingerprint density at radius 1 is 1.30 bits per heavy atom. The van der Waals surface area contributed by atoms with Crippen molar-refractivity contribution in [3.63, 3.8) is 0 Å². The lowest BCUT2D eigenvalue weighted by Crippen LogP contribution is -2.42. The van der Waals surface area contributed by atoms with Gasteiger partial charge in [-0.2, -0.15) is 0 Å². The quantitative estimate of drug-likeness (QED) is 0.779. The Morgan fingerprint density at radius 3 is 2.55 bits per heavy atom. The number of carbonyl (C=O) groups is 2. The zero-order valence-corrected chi connectivity index (χ0v) is 11.4.